The van der Waals surface area contributed by atoms with Gasteiger partial charge in [-0.1, -0.05) is 0 Å². The number of rotatable bonds is 3. The van der Waals surface area contributed by atoms with E-state index < -0.39 is 0 Å². The molecule has 0 aliphatic heterocycles. The van der Waals surface area contributed by atoms with Crippen LogP contribution in [0.25, 0.3) is 0 Å². The second-order valence-electron chi connectivity index (χ2n) is 2.11. The molecule has 0 saturated heterocycles. The zero-order valence-corrected chi connectivity index (χ0v) is 6.27. The number of ether oxygens (including phenoxy) is 1. The zero-order chi connectivity index (χ0) is 8.10. The molecule has 0 saturated carbocycles. The van der Waals surface area contributed by atoms with Crippen molar-refractivity contribution in [2.45, 2.75) is 12.6 Å². The van der Waals surface area contributed by atoms with Gasteiger partial charge in [0.1, 0.15) is 0 Å². The van der Waals surface area contributed by atoms with E-state index in [2.05, 4.69) is 4.98 Å². The monoisotopic (exact) mass is 151 g/mol. The quantitative estimate of drug-likeness (QED) is 0.629. The predicted octanol–water partition coefficient (Wildman–Crippen LogP) is 0.422. The van der Waals surface area contributed by atoms with Crippen LogP contribution in [0.1, 0.15) is 0 Å². The highest BCUT2D eigenvalue weighted by atomic mass is 16.5. The van der Waals surface area contributed by atoms with Gasteiger partial charge >= 0.3 is 0 Å². The summed E-state index contributed by atoms with van der Waals surface area (Å²) in [7, 11) is 1.52. The first-order valence-corrected chi connectivity index (χ1v) is 3.25. The van der Waals surface area contributed by atoms with Crippen LogP contribution in [0.15, 0.2) is 18.7 Å². The summed E-state index contributed by atoms with van der Waals surface area (Å²) in [6.07, 6.45) is 4.74. The van der Waals surface area contributed by atoms with Crippen molar-refractivity contribution in [1.82, 2.24) is 9.55 Å². The number of aromatic nitrogens is 2. The normalized spacial score (nSPS) is 12.4. The molecule has 1 rings (SSSR count). The maximum atomic E-state index is 8.52. The molecule has 1 atom stereocenters. The lowest BCUT2D eigenvalue weighted by Crippen LogP contribution is -2.15. The fraction of sp³-hybridized carbons (Fsp3) is 0.429. The number of nitriles is 1. The average Bonchev–Trinajstić information content (AvgIpc) is 2.52. The van der Waals surface area contributed by atoms with Crippen molar-refractivity contribution in [3.63, 3.8) is 0 Å². The first-order valence-electron chi connectivity index (χ1n) is 3.25. The van der Waals surface area contributed by atoms with Crippen molar-refractivity contribution >= 4 is 0 Å². The Morgan fingerprint density at radius 1 is 1.82 bits per heavy atom. The molecule has 0 radical (unpaired) electrons. The van der Waals surface area contributed by atoms with E-state index in [1.54, 1.807) is 23.3 Å². The van der Waals surface area contributed by atoms with E-state index in [9.17, 15) is 0 Å². The molecule has 0 amide bonds. The van der Waals surface area contributed by atoms with E-state index in [0.717, 1.165) is 0 Å². The summed E-state index contributed by atoms with van der Waals surface area (Å²) in [4.78, 5) is 3.84. The topological polar surface area (TPSA) is 50.8 Å². The summed E-state index contributed by atoms with van der Waals surface area (Å²) < 4.78 is 6.67. The van der Waals surface area contributed by atoms with Crippen LogP contribution in [-0.4, -0.2) is 22.8 Å². The van der Waals surface area contributed by atoms with Gasteiger partial charge < -0.3 is 9.30 Å². The van der Waals surface area contributed by atoms with Gasteiger partial charge in [0, 0.05) is 19.5 Å². The third kappa shape index (κ3) is 2.06. The molecule has 11 heavy (non-hydrogen) atoms. The van der Waals surface area contributed by atoms with Crippen molar-refractivity contribution in [2.24, 2.45) is 0 Å². The van der Waals surface area contributed by atoms with E-state index in [1.165, 1.54) is 7.11 Å². The molecule has 1 aromatic rings. The Balaban J connectivity index is 2.49. The predicted molar refractivity (Wildman–Crippen MR) is 38.6 cm³/mol. The third-order valence-electron chi connectivity index (χ3n) is 1.36. The summed E-state index contributed by atoms with van der Waals surface area (Å²) in [6.45, 7) is 0.535. The molecule has 0 aliphatic rings. The highest BCUT2D eigenvalue weighted by molar-refractivity contribution is 4.86. The van der Waals surface area contributed by atoms with E-state index in [0.29, 0.717) is 6.54 Å². The second kappa shape index (κ2) is 3.74. The number of nitrogens with zero attached hydrogens (tertiary/aromatic N) is 3. The highest BCUT2D eigenvalue weighted by Gasteiger charge is 2.04. The van der Waals surface area contributed by atoms with Crippen molar-refractivity contribution in [3.8, 4) is 6.07 Å². The first-order chi connectivity index (χ1) is 5.36. The molecule has 0 bridgehead atoms. The van der Waals surface area contributed by atoms with Crippen LogP contribution in [0.4, 0.5) is 0 Å². The lowest BCUT2D eigenvalue weighted by Gasteiger charge is -2.05. The molecule has 58 valence electrons. The van der Waals surface area contributed by atoms with Gasteiger partial charge in [0.2, 0.25) is 0 Å². The molecule has 0 aliphatic carbocycles. The van der Waals surface area contributed by atoms with Gasteiger partial charge in [0.15, 0.2) is 6.10 Å². The molecule has 1 unspecified atom stereocenters. The zero-order valence-electron chi connectivity index (χ0n) is 6.27. The SMILES string of the molecule is COC(C#N)Cn1ccnc1. The van der Waals surface area contributed by atoms with Crippen LogP contribution >= 0.6 is 0 Å². The Kier molecular flexibility index (Phi) is 2.64. The van der Waals surface area contributed by atoms with Gasteiger partial charge in [-0.3, -0.25) is 0 Å². The summed E-state index contributed by atoms with van der Waals surface area (Å²) in [5.41, 5.74) is 0. The first kappa shape index (κ1) is 7.76. The minimum atomic E-state index is -0.385. The van der Waals surface area contributed by atoms with Crippen molar-refractivity contribution in [3.05, 3.63) is 18.7 Å². The number of hydrogen-bond donors (Lipinski definition) is 0. The standard InChI is InChI=1S/C7H9N3O/c1-11-7(4-8)5-10-3-2-9-6-10/h2-3,6-7H,5H2,1H3. The van der Waals surface area contributed by atoms with E-state index in [-0.39, 0.29) is 6.10 Å². The molecule has 1 aromatic heterocycles. The van der Waals surface area contributed by atoms with Gasteiger partial charge in [-0.25, -0.2) is 4.98 Å². The Morgan fingerprint density at radius 2 is 2.64 bits per heavy atom. The molecule has 0 spiro atoms. The van der Waals surface area contributed by atoms with E-state index in [1.807, 2.05) is 6.07 Å². The van der Waals surface area contributed by atoms with E-state index in [4.69, 9.17) is 10.00 Å². The van der Waals surface area contributed by atoms with Gasteiger partial charge in [0.05, 0.1) is 18.9 Å². The number of methoxy groups -OCH3 is 1. The molecular formula is C7H9N3O. The third-order valence-corrected chi connectivity index (χ3v) is 1.36. The van der Waals surface area contributed by atoms with Gasteiger partial charge in [-0.15, -0.1) is 0 Å². The average molecular weight is 151 g/mol. The Bertz CT molecular complexity index is 237. The van der Waals surface area contributed by atoms with Crippen LogP contribution in [-0.2, 0) is 11.3 Å². The van der Waals surface area contributed by atoms with Crippen LogP contribution in [0.5, 0.6) is 0 Å². The molecule has 0 fully saturated rings. The molecule has 1 heterocycles. The Hall–Kier alpha value is -1.34. The summed E-state index contributed by atoms with van der Waals surface area (Å²) in [6, 6.07) is 2.02. The van der Waals surface area contributed by atoms with Crippen LogP contribution < -0.4 is 0 Å². The van der Waals surface area contributed by atoms with Gasteiger partial charge in [-0.2, -0.15) is 5.26 Å². The lowest BCUT2D eigenvalue weighted by molar-refractivity contribution is 0.131. The van der Waals surface area contributed by atoms with Crippen molar-refractivity contribution in [2.75, 3.05) is 7.11 Å². The number of hydrogen-bond acceptors (Lipinski definition) is 3. The van der Waals surface area contributed by atoms with Gasteiger partial charge in [0.25, 0.3) is 0 Å². The minimum Gasteiger partial charge on any atom is -0.365 e. The van der Waals surface area contributed by atoms with Crippen LogP contribution in [0, 0.1) is 11.3 Å². The summed E-state index contributed by atoms with van der Waals surface area (Å²) in [5, 5.41) is 8.52. The van der Waals surface area contributed by atoms with Crippen LogP contribution in [0.2, 0.25) is 0 Å². The molecule has 4 heteroatoms. The maximum Gasteiger partial charge on any atom is 0.161 e. The largest absolute Gasteiger partial charge is 0.365 e. The van der Waals surface area contributed by atoms with Crippen LogP contribution in [0.3, 0.4) is 0 Å². The fourth-order valence-corrected chi connectivity index (χ4v) is 0.754. The summed E-state index contributed by atoms with van der Waals surface area (Å²) in [5.74, 6) is 0. The van der Waals surface area contributed by atoms with Crippen molar-refractivity contribution in [1.29, 1.82) is 5.26 Å². The summed E-state index contributed by atoms with van der Waals surface area (Å²) >= 11 is 0. The minimum absolute atomic E-state index is 0.385. The fourth-order valence-electron chi connectivity index (χ4n) is 0.754. The Morgan fingerprint density at radius 3 is 3.09 bits per heavy atom. The molecule has 4 nitrogen and oxygen atoms in total. The highest BCUT2D eigenvalue weighted by Crippen LogP contribution is 1.93. The maximum absolute atomic E-state index is 8.52. The Labute approximate surface area is 65.0 Å². The molecular weight excluding hydrogens is 142 g/mol. The van der Waals surface area contributed by atoms with E-state index >= 15 is 0 Å². The molecule has 0 aromatic carbocycles. The smallest absolute Gasteiger partial charge is 0.161 e. The molecule has 0 N–H and O–H groups in total. The van der Waals surface area contributed by atoms with Gasteiger partial charge in [-0.05, 0) is 0 Å². The number of imidazole rings is 1. The lowest BCUT2D eigenvalue weighted by atomic mass is 10.4. The second-order valence-corrected chi connectivity index (χ2v) is 2.11. The van der Waals surface area contributed by atoms with Crippen molar-refractivity contribution < 1.29 is 4.74 Å².